The molecule has 0 radical (unpaired) electrons. The zero-order valence-corrected chi connectivity index (χ0v) is 9.20. The van der Waals surface area contributed by atoms with E-state index in [1.807, 2.05) is 6.92 Å². The fourth-order valence-corrected chi connectivity index (χ4v) is 0.977. The molecule has 0 amide bonds. The summed E-state index contributed by atoms with van der Waals surface area (Å²) in [5, 5.41) is 8.39. The van der Waals surface area contributed by atoms with Crippen LogP contribution in [0, 0.1) is 0 Å². The van der Waals surface area contributed by atoms with E-state index in [0.717, 1.165) is 6.42 Å². The summed E-state index contributed by atoms with van der Waals surface area (Å²) in [5.74, 6) is -1.54. The number of alkyl halides is 1. The number of esters is 1. The largest absolute Gasteiger partial charge is 0.481 e. The van der Waals surface area contributed by atoms with Crippen LogP contribution in [-0.2, 0) is 14.3 Å². The Kier molecular flexibility index (Phi) is 5.70. The lowest BCUT2D eigenvalue weighted by molar-refractivity contribution is -0.150. The Hall–Kier alpha value is -0.580. The monoisotopic (exact) mass is 252 g/mol. The molecule has 0 heterocycles. The molecule has 0 aliphatic rings. The van der Waals surface area contributed by atoms with Crippen molar-refractivity contribution < 1.29 is 19.4 Å². The lowest BCUT2D eigenvalue weighted by atomic mass is 10.3. The smallest absolute Gasteiger partial charge is 0.320 e. The highest BCUT2D eigenvalue weighted by atomic mass is 79.9. The van der Waals surface area contributed by atoms with Gasteiger partial charge in [0.05, 0.1) is 12.5 Å². The van der Waals surface area contributed by atoms with E-state index >= 15 is 0 Å². The molecule has 5 heteroatoms. The lowest BCUT2D eigenvalue weighted by Gasteiger charge is -2.12. The van der Waals surface area contributed by atoms with Crippen molar-refractivity contribution in [3.8, 4) is 0 Å². The van der Waals surface area contributed by atoms with Crippen LogP contribution in [0.15, 0.2) is 0 Å². The molecule has 1 N–H and O–H groups in total. The number of rotatable bonds is 5. The van der Waals surface area contributed by atoms with Gasteiger partial charge in [0.15, 0.2) is 0 Å². The van der Waals surface area contributed by atoms with Crippen LogP contribution in [0.2, 0.25) is 0 Å². The number of hydrogen-bond donors (Lipinski definition) is 1. The maximum Gasteiger partial charge on any atom is 0.320 e. The van der Waals surface area contributed by atoms with Crippen molar-refractivity contribution in [3.05, 3.63) is 0 Å². The second kappa shape index (κ2) is 5.96. The van der Waals surface area contributed by atoms with Gasteiger partial charge in [0.1, 0.15) is 4.83 Å². The van der Waals surface area contributed by atoms with Crippen LogP contribution in [0.25, 0.3) is 0 Å². The van der Waals surface area contributed by atoms with Crippen LogP contribution in [0.3, 0.4) is 0 Å². The van der Waals surface area contributed by atoms with Gasteiger partial charge in [-0.25, -0.2) is 0 Å². The standard InChI is InChI=1S/C8H13BrO4/c1-3-5(2)13-8(12)6(9)4-7(10)11/h5-6H,3-4H2,1-2H3,(H,10,11). The Morgan fingerprint density at radius 3 is 2.46 bits per heavy atom. The summed E-state index contributed by atoms with van der Waals surface area (Å²) in [5.41, 5.74) is 0. The van der Waals surface area contributed by atoms with Gasteiger partial charge in [0, 0.05) is 0 Å². The van der Waals surface area contributed by atoms with Crippen LogP contribution in [-0.4, -0.2) is 28.0 Å². The molecule has 0 aromatic rings. The average Bonchev–Trinajstić information content (AvgIpc) is 2.02. The van der Waals surface area contributed by atoms with E-state index < -0.39 is 16.8 Å². The molecule has 2 atom stereocenters. The SMILES string of the molecule is CCC(C)OC(=O)C(Br)CC(=O)O. The molecule has 0 fully saturated rings. The maximum atomic E-state index is 11.1. The molecule has 0 aromatic carbocycles. The van der Waals surface area contributed by atoms with Crippen molar-refractivity contribution in [3.63, 3.8) is 0 Å². The third-order valence-corrected chi connectivity index (χ3v) is 2.20. The highest BCUT2D eigenvalue weighted by Gasteiger charge is 2.21. The van der Waals surface area contributed by atoms with E-state index in [4.69, 9.17) is 9.84 Å². The van der Waals surface area contributed by atoms with Crippen molar-refractivity contribution in [2.24, 2.45) is 0 Å². The highest BCUT2D eigenvalue weighted by Crippen LogP contribution is 2.09. The number of carbonyl (C=O) groups is 2. The molecule has 0 rings (SSSR count). The van der Waals surface area contributed by atoms with Crippen LogP contribution >= 0.6 is 15.9 Å². The first kappa shape index (κ1) is 12.4. The molecular weight excluding hydrogens is 240 g/mol. The van der Waals surface area contributed by atoms with Gasteiger partial charge in [-0.15, -0.1) is 0 Å². The molecule has 0 aliphatic carbocycles. The van der Waals surface area contributed by atoms with E-state index in [0.29, 0.717) is 0 Å². The Labute approximate surface area is 85.4 Å². The number of hydrogen-bond acceptors (Lipinski definition) is 3. The minimum atomic E-state index is -1.03. The normalized spacial score (nSPS) is 14.7. The Morgan fingerprint density at radius 2 is 2.08 bits per heavy atom. The second-order valence-electron chi connectivity index (χ2n) is 2.72. The van der Waals surface area contributed by atoms with Gasteiger partial charge in [-0.1, -0.05) is 22.9 Å². The van der Waals surface area contributed by atoms with Gasteiger partial charge in [0.2, 0.25) is 0 Å². The van der Waals surface area contributed by atoms with Gasteiger partial charge in [-0.3, -0.25) is 9.59 Å². The second-order valence-corrected chi connectivity index (χ2v) is 3.83. The molecule has 2 unspecified atom stereocenters. The molecule has 0 spiro atoms. The van der Waals surface area contributed by atoms with Gasteiger partial charge < -0.3 is 9.84 Å². The molecule has 0 saturated carbocycles. The number of ether oxygens (including phenoxy) is 1. The van der Waals surface area contributed by atoms with Crippen molar-refractivity contribution in [2.45, 2.75) is 37.6 Å². The Balaban J connectivity index is 3.89. The topological polar surface area (TPSA) is 63.6 Å². The number of carbonyl (C=O) groups excluding carboxylic acids is 1. The molecule has 0 bridgehead atoms. The predicted octanol–water partition coefficient (Wildman–Crippen LogP) is 1.57. The summed E-state index contributed by atoms with van der Waals surface area (Å²) in [7, 11) is 0. The van der Waals surface area contributed by atoms with Gasteiger partial charge in [-0.2, -0.15) is 0 Å². The zero-order chi connectivity index (χ0) is 10.4. The van der Waals surface area contributed by atoms with Crippen LogP contribution in [0.1, 0.15) is 26.7 Å². The average molecular weight is 253 g/mol. The summed E-state index contributed by atoms with van der Waals surface area (Å²) < 4.78 is 4.91. The summed E-state index contributed by atoms with van der Waals surface area (Å²) >= 11 is 2.95. The van der Waals surface area contributed by atoms with Crippen molar-refractivity contribution in [2.75, 3.05) is 0 Å². The zero-order valence-electron chi connectivity index (χ0n) is 7.62. The quantitative estimate of drug-likeness (QED) is 0.596. The van der Waals surface area contributed by atoms with Gasteiger partial charge >= 0.3 is 11.9 Å². The molecule has 4 nitrogen and oxygen atoms in total. The van der Waals surface area contributed by atoms with Crippen molar-refractivity contribution in [1.29, 1.82) is 0 Å². The van der Waals surface area contributed by atoms with E-state index in [-0.39, 0.29) is 12.5 Å². The van der Waals surface area contributed by atoms with Gasteiger partial charge in [0.25, 0.3) is 0 Å². The summed E-state index contributed by atoms with van der Waals surface area (Å²) in [6.07, 6.45) is 0.301. The molecular formula is C8H13BrO4. The predicted molar refractivity (Wildman–Crippen MR) is 50.8 cm³/mol. The first-order chi connectivity index (χ1) is 5.97. The Bertz CT molecular complexity index is 193. The first-order valence-corrected chi connectivity index (χ1v) is 4.95. The highest BCUT2D eigenvalue weighted by molar-refractivity contribution is 9.10. The fourth-order valence-electron chi connectivity index (χ4n) is 0.592. The molecule has 0 aliphatic heterocycles. The van der Waals surface area contributed by atoms with E-state index in [1.54, 1.807) is 6.92 Å². The minimum Gasteiger partial charge on any atom is -0.481 e. The minimum absolute atomic E-state index is 0.165. The third kappa shape index (κ3) is 5.63. The van der Waals surface area contributed by atoms with Crippen LogP contribution in [0.4, 0.5) is 0 Å². The molecule has 0 aromatic heterocycles. The number of carboxylic acids is 1. The van der Waals surface area contributed by atoms with E-state index in [9.17, 15) is 9.59 Å². The molecule has 13 heavy (non-hydrogen) atoms. The Morgan fingerprint density at radius 1 is 1.54 bits per heavy atom. The van der Waals surface area contributed by atoms with Crippen molar-refractivity contribution >= 4 is 27.9 Å². The molecule has 0 saturated heterocycles. The van der Waals surface area contributed by atoms with E-state index in [1.165, 1.54) is 0 Å². The molecule has 76 valence electrons. The van der Waals surface area contributed by atoms with Crippen LogP contribution in [0.5, 0.6) is 0 Å². The lowest BCUT2D eigenvalue weighted by Crippen LogP contribution is -2.24. The van der Waals surface area contributed by atoms with Gasteiger partial charge in [-0.05, 0) is 13.3 Å². The number of carboxylic acid groups (broad SMARTS) is 1. The first-order valence-electron chi connectivity index (χ1n) is 4.03. The maximum absolute atomic E-state index is 11.1. The van der Waals surface area contributed by atoms with Crippen LogP contribution < -0.4 is 0 Å². The van der Waals surface area contributed by atoms with Crippen molar-refractivity contribution in [1.82, 2.24) is 0 Å². The number of halogens is 1. The summed E-state index contributed by atoms with van der Waals surface area (Å²) in [4.78, 5) is 20.6. The fraction of sp³-hybridized carbons (Fsp3) is 0.750. The third-order valence-electron chi connectivity index (χ3n) is 1.50. The number of aliphatic carboxylic acids is 1. The summed E-state index contributed by atoms with van der Waals surface area (Å²) in [6, 6.07) is 0. The van der Waals surface area contributed by atoms with E-state index in [2.05, 4.69) is 15.9 Å². The summed E-state index contributed by atoms with van der Waals surface area (Å²) in [6.45, 7) is 3.65.